The molecule has 0 spiro atoms. The van der Waals surface area contributed by atoms with Gasteiger partial charge in [0.2, 0.25) is 0 Å². The highest BCUT2D eigenvalue weighted by molar-refractivity contribution is 5.75. The van der Waals surface area contributed by atoms with Crippen LogP contribution >= 0.6 is 0 Å². The topological polar surface area (TPSA) is 71.2 Å². The van der Waals surface area contributed by atoms with Crippen molar-refractivity contribution < 1.29 is 5.11 Å². The smallest absolute Gasteiger partial charge is 0.262 e. The number of β-amino-alcohol motifs (C(OH)–C–C–N with tert-alkyl or cyclic N) is 1. The molecular formula is C16H22N4O2. The van der Waals surface area contributed by atoms with Crippen LogP contribution in [-0.2, 0) is 6.54 Å². The van der Waals surface area contributed by atoms with Gasteiger partial charge in [-0.25, -0.2) is 4.98 Å². The summed E-state index contributed by atoms with van der Waals surface area (Å²) in [6, 6.07) is 1.72. The summed E-state index contributed by atoms with van der Waals surface area (Å²) in [6.45, 7) is 2.95. The van der Waals surface area contributed by atoms with E-state index < -0.39 is 6.10 Å². The molecule has 3 heterocycles. The van der Waals surface area contributed by atoms with E-state index in [4.69, 9.17) is 0 Å². The van der Waals surface area contributed by atoms with E-state index in [1.165, 1.54) is 42.8 Å². The predicted molar refractivity (Wildman–Crippen MR) is 84.7 cm³/mol. The summed E-state index contributed by atoms with van der Waals surface area (Å²) in [4.78, 5) is 22.9. The molecule has 0 radical (unpaired) electrons. The van der Waals surface area contributed by atoms with Crippen molar-refractivity contribution >= 4 is 10.9 Å². The SMILES string of the molecule is O=c1c2cnccc2ncn1C[C@H](O)CN1CCCCCC1. The van der Waals surface area contributed by atoms with Crippen molar-refractivity contribution in [2.75, 3.05) is 19.6 Å². The maximum Gasteiger partial charge on any atom is 0.262 e. The standard InChI is InChI=1S/C16H22N4O2/c21-13(10-19-7-3-1-2-4-8-19)11-20-12-18-15-5-6-17-9-14(15)16(20)22/h5-6,9,12-13,21H,1-4,7-8,10-11H2/t13-/m1/s1. The Morgan fingerprint density at radius 1 is 1.18 bits per heavy atom. The third kappa shape index (κ3) is 3.51. The van der Waals surface area contributed by atoms with Gasteiger partial charge in [0.1, 0.15) is 0 Å². The molecule has 1 aliphatic heterocycles. The highest BCUT2D eigenvalue weighted by Gasteiger charge is 2.15. The van der Waals surface area contributed by atoms with E-state index in [2.05, 4.69) is 14.9 Å². The van der Waals surface area contributed by atoms with Gasteiger partial charge in [0.05, 0.1) is 29.9 Å². The van der Waals surface area contributed by atoms with Crippen molar-refractivity contribution in [1.82, 2.24) is 19.4 Å². The maximum atomic E-state index is 12.4. The predicted octanol–water partition coefficient (Wildman–Crippen LogP) is 1.03. The van der Waals surface area contributed by atoms with Crippen LogP contribution in [0.2, 0.25) is 0 Å². The number of pyridine rings is 1. The number of hydrogen-bond donors (Lipinski definition) is 1. The molecule has 0 aliphatic carbocycles. The number of nitrogens with zero attached hydrogens (tertiary/aromatic N) is 4. The molecule has 0 saturated carbocycles. The first-order valence-corrected chi connectivity index (χ1v) is 7.93. The molecule has 6 nitrogen and oxygen atoms in total. The monoisotopic (exact) mass is 302 g/mol. The van der Waals surface area contributed by atoms with Gasteiger partial charge in [-0.3, -0.25) is 14.3 Å². The van der Waals surface area contributed by atoms with Crippen LogP contribution in [0.3, 0.4) is 0 Å². The number of rotatable bonds is 4. The van der Waals surface area contributed by atoms with Gasteiger partial charge in [-0.2, -0.15) is 0 Å². The summed E-state index contributed by atoms with van der Waals surface area (Å²) in [6.07, 6.45) is 9.02. The molecule has 22 heavy (non-hydrogen) atoms. The number of aliphatic hydroxyl groups excluding tert-OH is 1. The second-order valence-corrected chi connectivity index (χ2v) is 5.96. The minimum Gasteiger partial charge on any atom is -0.390 e. The lowest BCUT2D eigenvalue weighted by Crippen LogP contribution is -2.37. The van der Waals surface area contributed by atoms with Crippen molar-refractivity contribution in [3.05, 3.63) is 35.1 Å². The minimum atomic E-state index is -0.563. The molecule has 1 fully saturated rings. The average Bonchev–Trinajstić information content (AvgIpc) is 2.79. The fourth-order valence-corrected chi connectivity index (χ4v) is 3.04. The highest BCUT2D eigenvalue weighted by Crippen LogP contribution is 2.10. The van der Waals surface area contributed by atoms with Gasteiger partial charge in [-0.1, -0.05) is 12.8 Å². The van der Waals surface area contributed by atoms with E-state index in [-0.39, 0.29) is 12.1 Å². The number of aliphatic hydroxyl groups is 1. The van der Waals surface area contributed by atoms with Crippen molar-refractivity contribution in [3.63, 3.8) is 0 Å². The molecule has 0 amide bonds. The van der Waals surface area contributed by atoms with E-state index >= 15 is 0 Å². The normalized spacial score (nSPS) is 18.2. The van der Waals surface area contributed by atoms with Crippen LogP contribution in [0.4, 0.5) is 0 Å². The van der Waals surface area contributed by atoms with Crippen LogP contribution in [0.25, 0.3) is 10.9 Å². The summed E-state index contributed by atoms with van der Waals surface area (Å²) < 4.78 is 1.48. The third-order valence-electron chi connectivity index (χ3n) is 4.20. The fourth-order valence-electron chi connectivity index (χ4n) is 3.04. The lowest BCUT2D eigenvalue weighted by Gasteiger charge is -2.23. The summed E-state index contributed by atoms with van der Waals surface area (Å²) in [7, 11) is 0. The van der Waals surface area contributed by atoms with Gasteiger partial charge >= 0.3 is 0 Å². The first-order chi connectivity index (χ1) is 10.7. The molecule has 1 atom stereocenters. The molecule has 0 aromatic carbocycles. The molecule has 3 rings (SSSR count). The molecule has 6 heteroatoms. The molecule has 1 saturated heterocycles. The second kappa shape index (κ2) is 6.98. The summed E-state index contributed by atoms with van der Waals surface area (Å²) in [5.41, 5.74) is 0.492. The first-order valence-electron chi connectivity index (χ1n) is 7.93. The van der Waals surface area contributed by atoms with E-state index in [9.17, 15) is 9.90 Å². The zero-order valence-corrected chi connectivity index (χ0v) is 12.7. The quantitative estimate of drug-likeness (QED) is 0.913. The van der Waals surface area contributed by atoms with E-state index in [0.717, 1.165) is 13.1 Å². The fraction of sp³-hybridized carbons (Fsp3) is 0.562. The number of likely N-dealkylation sites (tertiary alicyclic amines) is 1. The number of fused-ring (bicyclic) bond motifs is 1. The van der Waals surface area contributed by atoms with Crippen LogP contribution < -0.4 is 5.56 Å². The Hall–Kier alpha value is -1.79. The molecule has 0 unspecified atom stereocenters. The van der Waals surface area contributed by atoms with Crippen LogP contribution in [0.5, 0.6) is 0 Å². The van der Waals surface area contributed by atoms with Gasteiger partial charge in [-0.05, 0) is 32.0 Å². The van der Waals surface area contributed by atoms with Crippen molar-refractivity contribution in [3.8, 4) is 0 Å². The van der Waals surface area contributed by atoms with Gasteiger partial charge in [0, 0.05) is 18.9 Å². The zero-order chi connectivity index (χ0) is 15.4. The van der Waals surface area contributed by atoms with Crippen LogP contribution in [0.15, 0.2) is 29.6 Å². The average molecular weight is 302 g/mol. The Morgan fingerprint density at radius 3 is 2.73 bits per heavy atom. The molecule has 2 aromatic heterocycles. The van der Waals surface area contributed by atoms with E-state index in [1.54, 1.807) is 12.3 Å². The highest BCUT2D eigenvalue weighted by atomic mass is 16.3. The Morgan fingerprint density at radius 2 is 1.95 bits per heavy atom. The minimum absolute atomic E-state index is 0.145. The lowest BCUT2D eigenvalue weighted by molar-refractivity contribution is 0.0986. The van der Waals surface area contributed by atoms with E-state index in [1.807, 2.05) is 0 Å². The zero-order valence-electron chi connectivity index (χ0n) is 12.7. The van der Waals surface area contributed by atoms with Gasteiger partial charge in [-0.15, -0.1) is 0 Å². The van der Waals surface area contributed by atoms with E-state index in [0.29, 0.717) is 17.4 Å². The Kier molecular flexibility index (Phi) is 4.80. The molecule has 1 aliphatic rings. The number of aromatic nitrogens is 3. The van der Waals surface area contributed by atoms with Crippen molar-refractivity contribution in [2.45, 2.75) is 38.3 Å². The van der Waals surface area contributed by atoms with Crippen LogP contribution in [-0.4, -0.2) is 50.3 Å². The Labute approximate surface area is 129 Å². The Bertz CT molecular complexity index is 677. The maximum absolute atomic E-state index is 12.4. The molecular weight excluding hydrogens is 280 g/mol. The lowest BCUT2D eigenvalue weighted by atomic mass is 10.2. The summed E-state index contributed by atoms with van der Waals surface area (Å²) >= 11 is 0. The van der Waals surface area contributed by atoms with Gasteiger partial charge < -0.3 is 10.0 Å². The summed E-state index contributed by atoms with van der Waals surface area (Å²) in [5.74, 6) is 0. The van der Waals surface area contributed by atoms with Crippen molar-refractivity contribution in [2.24, 2.45) is 0 Å². The van der Waals surface area contributed by atoms with Gasteiger partial charge in [0.15, 0.2) is 0 Å². The van der Waals surface area contributed by atoms with Crippen LogP contribution in [0, 0.1) is 0 Å². The largest absolute Gasteiger partial charge is 0.390 e. The number of hydrogen-bond acceptors (Lipinski definition) is 5. The summed E-state index contributed by atoms with van der Waals surface area (Å²) in [5, 5.41) is 10.8. The first kappa shape index (κ1) is 15.1. The van der Waals surface area contributed by atoms with Crippen LogP contribution in [0.1, 0.15) is 25.7 Å². The Balaban J connectivity index is 1.69. The third-order valence-corrected chi connectivity index (χ3v) is 4.20. The van der Waals surface area contributed by atoms with Crippen molar-refractivity contribution in [1.29, 1.82) is 0 Å². The second-order valence-electron chi connectivity index (χ2n) is 5.96. The molecule has 2 aromatic rings. The molecule has 118 valence electrons. The molecule has 0 bridgehead atoms. The van der Waals surface area contributed by atoms with Gasteiger partial charge in [0.25, 0.3) is 5.56 Å². The molecule has 1 N–H and O–H groups in total.